The quantitative estimate of drug-likeness (QED) is 0.568. The third kappa shape index (κ3) is 2.63. The zero-order valence-corrected chi connectivity index (χ0v) is 10.7. The minimum Gasteiger partial charge on any atom is -0.480 e. The van der Waals surface area contributed by atoms with E-state index in [0.717, 1.165) is 19.3 Å². The molecule has 1 aliphatic carbocycles. The first-order valence-electron chi connectivity index (χ1n) is 6.34. The van der Waals surface area contributed by atoms with Gasteiger partial charge in [0.2, 0.25) is 0 Å². The molecule has 2 rings (SSSR count). The second-order valence-electron chi connectivity index (χ2n) is 4.92. The second kappa shape index (κ2) is 5.32. The molecule has 108 valence electrons. The van der Waals surface area contributed by atoms with Crippen LogP contribution in [-0.4, -0.2) is 32.4 Å². The van der Waals surface area contributed by atoms with Crippen LogP contribution in [0.25, 0.3) is 0 Å². The SMILES string of the molecule is O=C(NC1(C(=O)O)CCCCC1)c1ccc([N+](=O)[O-])[nH]1. The molecular weight excluding hydrogens is 266 g/mol. The highest BCUT2D eigenvalue weighted by Gasteiger charge is 2.41. The molecule has 0 aliphatic heterocycles. The fourth-order valence-corrected chi connectivity index (χ4v) is 2.45. The number of rotatable bonds is 4. The van der Waals surface area contributed by atoms with Crippen LogP contribution >= 0.6 is 0 Å². The maximum absolute atomic E-state index is 12.0. The first-order chi connectivity index (χ1) is 9.44. The Morgan fingerprint density at radius 2 is 1.95 bits per heavy atom. The highest BCUT2D eigenvalue weighted by molar-refractivity contribution is 5.96. The van der Waals surface area contributed by atoms with Crippen LogP contribution in [-0.2, 0) is 4.79 Å². The summed E-state index contributed by atoms with van der Waals surface area (Å²) < 4.78 is 0. The molecule has 0 spiro atoms. The summed E-state index contributed by atoms with van der Waals surface area (Å²) in [6.07, 6.45) is 3.15. The lowest BCUT2D eigenvalue weighted by Gasteiger charge is -2.33. The van der Waals surface area contributed by atoms with Crippen LogP contribution < -0.4 is 5.32 Å². The molecule has 0 radical (unpaired) electrons. The van der Waals surface area contributed by atoms with Crippen molar-refractivity contribution < 1.29 is 19.6 Å². The number of nitro groups is 1. The molecule has 1 aromatic rings. The summed E-state index contributed by atoms with van der Waals surface area (Å²) in [7, 11) is 0. The van der Waals surface area contributed by atoms with E-state index in [2.05, 4.69) is 10.3 Å². The number of carbonyl (C=O) groups excluding carboxylic acids is 1. The average molecular weight is 281 g/mol. The molecule has 0 bridgehead atoms. The standard InChI is InChI=1S/C12H15N3O5/c16-10(8-4-5-9(13-8)15(19)20)14-12(11(17)18)6-2-1-3-7-12/h4-5,13H,1-3,6-7H2,(H,14,16)(H,17,18). The van der Waals surface area contributed by atoms with Gasteiger partial charge in [0.15, 0.2) is 5.69 Å². The molecule has 1 saturated carbocycles. The normalized spacial score (nSPS) is 17.4. The van der Waals surface area contributed by atoms with Crippen molar-refractivity contribution in [1.29, 1.82) is 0 Å². The average Bonchev–Trinajstić information content (AvgIpc) is 2.89. The third-order valence-electron chi connectivity index (χ3n) is 3.58. The van der Waals surface area contributed by atoms with E-state index in [-0.39, 0.29) is 11.5 Å². The number of aromatic amines is 1. The summed E-state index contributed by atoms with van der Waals surface area (Å²) in [6.45, 7) is 0. The summed E-state index contributed by atoms with van der Waals surface area (Å²) in [6, 6.07) is 2.44. The largest absolute Gasteiger partial charge is 0.480 e. The van der Waals surface area contributed by atoms with Crippen molar-refractivity contribution >= 4 is 17.7 Å². The van der Waals surface area contributed by atoms with Crippen molar-refractivity contribution in [1.82, 2.24) is 10.3 Å². The number of aromatic nitrogens is 1. The van der Waals surface area contributed by atoms with E-state index in [9.17, 15) is 24.8 Å². The Hall–Kier alpha value is -2.38. The summed E-state index contributed by atoms with van der Waals surface area (Å²) >= 11 is 0. The molecule has 0 unspecified atom stereocenters. The van der Waals surface area contributed by atoms with Crippen molar-refractivity contribution in [3.63, 3.8) is 0 Å². The molecule has 1 amide bonds. The topological polar surface area (TPSA) is 125 Å². The van der Waals surface area contributed by atoms with Crippen molar-refractivity contribution in [2.45, 2.75) is 37.6 Å². The number of carbonyl (C=O) groups is 2. The Balaban J connectivity index is 2.15. The summed E-state index contributed by atoms with van der Waals surface area (Å²) in [5.41, 5.74) is -1.28. The summed E-state index contributed by atoms with van der Waals surface area (Å²) in [4.78, 5) is 35.7. The first kappa shape index (κ1) is 14.0. The maximum Gasteiger partial charge on any atom is 0.329 e. The van der Waals surface area contributed by atoms with Gasteiger partial charge in [-0.2, -0.15) is 0 Å². The molecule has 0 aromatic carbocycles. The molecule has 1 fully saturated rings. The number of amides is 1. The molecule has 8 heteroatoms. The molecule has 8 nitrogen and oxygen atoms in total. The molecular formula is C12H15N3O5. The molecule has 0 atom stereocenters. The number of nitrogens with zero attached hydrogens (tertiary/aromatic N) is 1. The van der Waals surface area contributed by atoms with E-state index in [1.165, 1.54) is 12.1 Å². The molecule has 0 saturated heterocycles. The van der Waals surface area contributed by atoms with Gasteiger partial charge >= 0.3 is 11.8 Å². The van der Waals surface area contributed by atoms with Gasteiger partial charge < -0.3 is 20.5 Å². The van der Waals surface area contributed by atoms with Gasteiger partial charge in [-0.3, -0.25) is 4.79 Å². The summed E-state index contributed by atoms with van der Waals surface area (Å²) in [5.74, 6) is -2.00. The molecule has 3 N–H and O–H groups in total. The van der Waals surface area contributed by atoms with Gasteiger partial charge in [0.1, 0.15) is 5.54 Å². The van der Waals surface area contributed by atoms with Crippen LogP contribution in [0.3, 0.4) is 0 Å². The Morgan fingerprint density at radius 1 is 1.30 bits per heavy atom. The monoisotopic (exact) mass is 281 g/mol. The Kier molecular flexibility index (Phi) is 3.73. The predicted octanol–water partition coefficient (Wildman–Crippen LogP) is 1.44. The van der Waals surface area contributed by atoms with E-state index in [0.29, 0.717) is 12.8 Å². The van der Waals surface area contributed by atoms with Gasteiger partial charge in [0.25, 0.3) is 5.91 Å². The van der Waals surface area contributed by atoms with Crippen molar-refractivity contribution in [3.05, 3.63) is 27.9 Å². The number of hydrogen-bond acceptors (Lipinski definition) is 4. The zero-order valence-electron chi connectivity index (χ0n) is 10.7. The van der Waals surface area contributed by atoms with E-state index in [1.54, 1.807) is 0 Å². The number of carboxylic acids is 1. The highest BCUT2D eigenvalue weighted by Crippen LogP contribution is 2.29. The lowest BCUT2D eigenvalue weighted by molar-refractivity contribution is -0.389. The van der Waals surface area contributed by atoms with Crippen LogP contribution in [0, 0.1) is 10.1 Å². The minimum atomic E-state index is -1.27. The molecule has 1 heterocycles. The Morgan fingerprint density at radius 3 is 2.45 bits per heavy atom. The zero-order chi connectivity index (χ0) is 14.8. The van der Waals surface area contributed by atoms with Gasteiger partial charge in [-0.1, -0.05) is 19.3 Å². The van der Waals surface area contributed by atoms with E-state index in [1.807, 2.05) is 0 Å². The van der Waals surface area contributed by atoms with Crippen molar-refractivity contribution in [3.8, 4) is 0 Å². The summed E-state index contributed by atoms with van der Waals surface area (Å²) in [5, 5.41) is 22.4. The molecule has 1 aliphatic rings. The van der Waals surface area contributed by atoms with Crippen molar-refractivity contribution in [2.75, 3.05) is 0 Å². The van der Waals surface area contributed by atoms with Gasteiger partial charge in [-0.05, 0) is 23.8 Å². The first-order valence-corrected chi connectivity index (χ1v) is 6.34. The van der Waals surface area contributed by atoms with Crippen LogP contribution in [0.5, 0.6) is 0 Å². The van der Waals surface area contributed by atoms with Gasteiger partial charge in [0, 0.05) is 6.07 Å². The fraction of sp³-hybridized carbons (Fsp3) is 0.500. The van der Waals surface area contributed by atoms with E-state index >= 15 is 0 Å². The van der Waals surface area contributed by atoms with Crippen LogP contribution in [0.15, 0.2) is 12.1 Å². The van der Waals surface area contributed by atoms with Crippen LogP contribution in [0.4, 0.5) is 5.82 Å². The second-order valence-corrected chi connectivity index (χ2v) is 4.92. The van der Waals surface area contributed by atoms with Gasteiger partial charge in [-0.25, -0.2) is 9.78 Å². The third-order valence-corrected chi connectivity index (χ3v) is 3.58. The number of H-pyrrole nitrogens is 1. The Bertz CT molecular complexity index is 545. The Labute approximate surface area is 114 Å². The van der Waals surface area contributed by atoms with Crippen LogP contribution in [0.1, 0.15) is 42.6 Å². The number of nitrogens with one attached hydrogen (secondary N) is 2. The highest BCUT2D eigenvalue weighted by atomic mass is 16.6. The van der Waals surface area contributed by atoms with Gasteiger partial charge in [0.05, 0.1) is 0 Å². The predicted molar refractivity (Wildman–Crippen MR) is 68.4 cm³/mol. The number of carboxylic acid groups (broad SMARTS) is 1. The lowest BCUT2D eigenvalue weighted by atomic mass is 9.81. The van der Waals surface area contributed by atoms with E-state index < -0.39 is 22.3 Å². The van der Waals surface area contributed by atoms with Crippen molar-refractivity contribution in [2.24, 2.45) is 0 Å². The minimum absolute atomic E-state index is 0.0112. The lowest BCUT2D eigenvalue weighted by Crippen LogP contribution is -2.55. The smallest absolute Gasteiger partial charge is 0.329 e. The maximum atomic E-state index is 12.0. The van der Waals surface area contributed by atoms with Gasteiger partial charge in [-0.15, -0.1) is 0 Å². The fourth-order valence-electron chi connectivity index (χ4n) is 2.45. The van der Waals surface area contributed by atoms with Crippen LogP contribution in [0.2, 0.25) is 0 Å². The van der Waals surface area contributed by atoms with E-state index in [4.69, 9.17) is 0 Å². The molecule has 1 aromatic heterocycles. The number of hydrogen-bond donors (Lipinski definition) is 3. The number of aliphatic carboxylic acids is 1. The molecule has 20 heavy (non-hydrogen) atoms.